The quantitative estimate of drug-likeness (QED) is 0.503. The first-order valence-electron chi connectivity index (χ1n) is 4.05. The molecule has 1 fully saturated rings. The molecule has 0 radical (unpaired) electrons. The number of hydrogen-bond donors (Lipinski definition) is 0. The van der Waals surface area contributed by atoms with Crippen LogP contribution in [0.1, 0.15) is 24.3 Å². The smallest absolute Gasteiger partial charge is 0.155 e. The van der Waals surface area contributed by atoms with Gasteiger partial charge >= 0.3 is 0 Å². The summed E-state index contributed by atoms with van der Waals surface area (Å²) in [6.45, 7) is 0. The highest BCUT2D eigenvalue weighted by atomic mass is 35.7. The molecule has 3 heteroatoms. The van der Waals surface area contributed by atoms with Crippen molar-refractivity contribution < 1.29 is 0 Å². The Hall–Kier alpha value is 0.0169. The van der Waals surface area contributed by atoms with Crippen molar-refractivity contribution in [1.29, 1.82) is 0 Å². The van der Waals surface area contributed by atoms with Crippen molar-refractivity contribution in [2.24, 2.45) is 0 Å². The molecular formula is C9H12Cl2Si. The predicted octanol–water partition coefficient (Wildman–Crippen LogP) is 3.03. The fourth-order valence-electron chi connectivity index (χ4n) is 1.14. The van der Waals surface area contributed by atoms with Gasteiger partial charge in [0.2, 0.25) is 8.14 Å². The highest BCUT2D eigenvalue weighted by molar-refractivity contribution is 7.22. The van der Waals surface area contributed by atoms with Crippen LogP contribution < -0.4 is 0 Å². The lowest BCUT2D eigenvalue weighted by Crippen LogP contribution is -1.73. The summed E-state index contributed by atoms with van der Waals surface area (Å²) in [6, 6.07) is 10.8. The largest absolute Gasteiger partial charge is 0.222 e. The first kappa shape index (κ1) is 10.1. The molecule has 12 heavy (non-hydrogen) atoms. The van der Waals surface area contributed by atoms with Crippen LogP contribution in [0.25, 0.3) is 0 Å². The Labute approximate surface area is 85.1 Å². The summed E-state index contributed by atoms with van der Waals surface area (Å²) in [5.41, 5.74) is 1.53. The van der Waals surface area contributed by atoms with Crippen LogP contribution in [0.3, 0.4) is 0 Å². The first-order valence-corrected chi connectivity index (χ1v) is 8.33. The first-order chi connectivity index (χ1) is 5.88. The van der Waals surface area contributed by atoms with Crippen LogP contribution in [0.4, 0.5) is 0 Å². The molecule has 1 aromatic carbocycles. The van der Waals surface area contributed by atoms with Crippen molar-refractivity contribution >= 4 is 30.3 Å². The average molecular weight is 219 g/mol. The summed E-state index contributed by atoms with van der Waals surface area (Å²) >= 11 is 9.81. The third-order valence-corrected chi connectivity index (χ3v) is 1.85. The van der Waals surface area contributed by atoms with Gasteiger partial charge in [0, 0.05) is 0 Å². The van der Waals surface area contributed by atoms with E-state index in [4.69, 9.17) is 22.2 Å². The number of halogens is 2. The van der Waals surface area contributed by atoms with E-state index < -0.39 is 8.14 Å². The molecule has 1 aromatic rings. The molecular weight excluding hydrogens is 207 g/mol. The molecule has 0 aromatic heterocycles. The minimum Gasteiger partial charge on any atom is -0.155 e. The molecule has 2 rings (SSSR count). The fourth-order valence-corrected chi connectivity index (χ4v) is 1.14. The fraction of sp³-hybridized carbons (Fsp3) is 0.333. The molecule has 0 heterocycles. The van der Waals surface area contributed by atoms with Gasteiger partial charge < -0.3 is 0 Å². The lowest BCUT2D eigenvalue weighted by molar-refractivity contribution is 1.13. The van der Waals surface area contributed by atoms with Crippen LogP contribution >= 0.6 is 22.2 Å². The third kappa shape index (κ3) is 3.61. The van der Waals surface area contributed by atoms with Gasteiger partial charge in [-0.3, -0.25) is 0 Å². The van der Waals surface area contributed by atoms with Crippen LogP contribution in [0, 0.1) is 0 Å². The summed E-state index contributed by atoms with van der Waals surface area (Å²) in [7, 11) is -0.639. The number of benzene rings is 1. The normalized spacial score (nSPS) is 14.8. The monoisotopic (exact) mass is 218 g/mol. The van der Waals surface area contributed by atoms with E-state index in [9.17, 15) is 0 Å². The van der Waals surface area contributed by atoms with Gasteiger partial charge in [0.1, 0.15) is 0 Å². The molecule has 0 bridgehead atoms. The average Bonchev–Trinajstić information content (AvgIpc) is 2.90. The second-order valence-corrected chi connectivity index (χ2v) is 5.41. The van der Waals surface area contributed by atoms with Gasteiger partial charge in [0.25, 0.3) is 0 Å². The second kappa shape index (κ2) is 5.63. The maximum Gasteiger partial charge on any atom is 0.222 e. The Balaban J connectivity index is 0.000000213. The van der Waals surface area contributed by atoms with E-state index >= 15 is 0 Å². The molecule has 0 amide bonds. The topological polar surface area (TPSA) is 0 Å². The van der Waals surface area contributed by atoms with E-state index in [1.54, 1.807) is 0 Å². The Morgan fingerprint density at radius 2 is 1.58 bits per heavy atom. The molecule has 1 aliphatic carbocycles. The molecule has 0 atom stereocenters. The molecule has 0 N–H and O–H groups in total. The van der Waals surface area contributed by atoms with Gasteiger partial charge in [-0.05, 0) is 24.3 Å². The summed E-state index contributed by atoms with van der Waals surface area (Å²) in [4.78, 5) is 0. The van der Waals surface area contributed by atoms with Crippen molar-refractivity contribution in [1.82, 2.24) is 0 Å². The van der Waals surface area contributed by atoms with E-state index in [1.807, 2.05) is 0 Å². The molecule has 0 nitrogen and oxygen atoms in total. The van der Waals surface area contributed by atoms with Crippen LogP contribution in [0.5, 0.6) is 0 Å². The van der Waals surface area contributed by atoms with E-state index in [-0.39, 0.29) is 0 Å². The van der Waals surface area contributed by atoms with Crippen LogP contribution in [-0.4, -0.2) is 8.14 Å². The Kier molecular flexibility index (Phi) is 4.74. The molecule has 0 saturated heterocycles. The third-order valence-electron chi connectivity index (χ3n) is 1.85. The zero-order valence-electron chi connectivity index (χ0n) is 6.84. The zero-order chi connectivity index (χ0) is 8.81. The zero-order valence-corrected chi connectivity index (χ0v) is 9.77. The molecule has 66 valence electrons. The highest BCUT2D eigenvalue weighted by Gasteiger charge is 2.22. The standard InChI is InChI=1S/C9H10.Cl2H2Si/c1-2-4-8(5-3-1)9-6-7-9;1-3-2/h1-5,9H,6-7H2;3H2. The van der Waals surface area contributed by atoms with E-state index in [1.165, 1.54) is 18.4 Å². The molecule has 1 aliphatic rings. The van der Waals surface area contributed by atoms with Gasteiger partial charge in [-0.15, -0.1) is 0 Å². The Morgan fingerprint density at radius 1 is 1.08 bits per heavy atom. The molecule has 0 unspecified atom stereocenters. The SMILES string of the molecule is Cl[SiH2]Cl.c1ccc(C2CC2)cc1. The molecule has 0 aliphatic heterocycles. The van der Waals surface area contributed by atoms with Crippen LogP contribution in [0.15, 0.2) is 30.3 Å². The minimum atomic E-state index is -0.639. The van der Waals surface area contributed by atoms with Crippen LogP contribution in [0.2, 0.25) is 0 Å². The summed E-state index contributed by atoms with van der Waals surface area (Å²) < 4.78 is 0. The summed E-state index contributed by atoms with van der Waals surface area (Å²) in [6.07, 6.45) is 2.81. The van der Waals surface area contributed by atoms with Gasteiger partial charge in [0.15, 0.2) is 0 Å². The lowest BCUT2D eigenvalue weighted by Gasteiger charge is -1.92. The maximum absolute atomic E-state index is 4.90. The minimum absolute atomic E-state index is 0.639. The van der Waals surface area contributed by atoms with Gasteiger partial charge in [-0.2, -0.15) is 22.2 Å². The van der Waals surface area contributed by atoms with Gasteiger partial charge in [-0.1, -0.05) is 30.3 Å². The van der Waals surface area contributed by atoms with Gasteiger partial charge in [-0.25, -0.2) is 0 Å². The maximum atomic E-state index is 4.90. The van der Waals surface area contributed by atoms with E-state index in [2.05, 4.69) is 30.3 Å². The summed E-state index contributed by atoms with van der Waals surface area (Å²) in [5, 5.41) is 0. The van der Waals surface area contributed by atoms with Crippen molar-refractivity contribution in [2.75, 3.05) is 0 Å². The van der Waals surface area contributed by atoms with Gasteiger partial charge in [0.05, 0.1) is 0 Å². The van der Waals surface area contributed by atoms with Crippen molar-refractivity contribution in [3.8, 4) is 0 Å². The number of rotatable bonds is 1. The highest BCUT2D eigenvalue weighted by Crippen LogP contribution is 2.39. The second-order valence-electron chi connectivity index (χ2n) is 2.79. The van der Waals surface area contributed by atoms with E-state index in [0.29, 0.717) is 0 Å². The number of hydrogen-bond acceptors (Lipinski definition) is 0. The Bertz CT molecular complexity index is 209. The predicted molar refractivity (Wildman–Crippen MR) is 58.7 cm³/mol. The van der Waals surface area contributed by atoms with Crippen molar-refractivity contribution in [3.05, 3.63) is 35.9 Å². The van der Waals surface area contributed by atoms with Crippen molar-refractivity contribution in [2.45, 2.75) is 18.8 Å². The van der Waals surface area contributed by atoms with Crippen LogP contribution in [-0.2, 0) is 0 Å². The summed E-state index contributed by atoms with van der Waals surface area (Å²) in [5.74, 6) is 0.909. The molecule has 0 spiro atoms. The van der Waals surface area contributed by atoms with E-state index in [0.717, 1.165) is 5.92 Å². The lowest BCUT2D eigenvalue weighted by atomic mass is 10.1. The Morgan fingerprint density at radius 3 is 2.00 bits per heavy atom. The molecule has 1 saturated carbocycles. The van der Waals surface area contributed by atoms with Crippen molar-refractivity contribution in [3.63, 3.8) is 0 Å².